The molecular weight excluding hydrogens is 324 g/mol. The largest absolute Gasteiger partial charge is 0.376 e. The average molecular weight is 342 g/mol. The minimum Gasteiger partial charge on any atom is -0.376 e. The van der Waals surface area contributed by atoms with Crippen LogP contribution >= 0.6 is 11.3 Å². The molecule has 2 heterocycles. The highest BCUT2D eigenvalue weighted by Gasteiger charge is 2.07. The van der Waals surface area contributed by atoms with Gasteiger partial charge in [-0.05, 0) is 18.2 Å². The first-order valence-corrected chi connectivity index (χ1v) is 8.37. The molecular formula is C16H18N6OS. The Hall–Kier alpha value is -2.74. The monoisotopic (exact) mass is 342 g/mol. The molecule has 0 aliphatic heterocycles. The van der Waals surface area contributed by atoms with Crippen molar-refractivity contribution < 1.29 is 4.79 Å². The van der Waals surface area contributed by atoms with Crippen molar-refractivity contribution in [3.63, 3.8) is 0 Å². The van der Waals surface area contributed by atoms with Gasteiger partial charge in [0.15, 0.2) is 5.82 Å². The molecule has 0 unspecified atom stereocenters. The molecule has 0 aliphatic carbocycles. The number of thiazole rings is 1. The summed E-state index contributed by atoms with van der Waals surface area (Å²) in [5.74, 6) is 0.585. The fourth-order valence-corrected chi connectivity index (χ4v) is 2.87. The molecule has 0 fully saturated rings. The van der Waals surface area contributed by atoms with Crippen molar-refractivity contribution in [2.45, 2.75) is 0 Å². The van der Waals surface area contributed by atoms with Crippen molar-refractivity contribution in [3.8, 4) is 0 Å². The number of hydrogen-bond donors (Lipinski definition) is 2. The molecule has 24 heavy (non-hydrogen) atoms. The van der Waals surface area contributed by atoms with Crippen LogP contribution in [0.5, 0.6) is 0 Å². The van der Waals surface area contributed by atoms with E-state index >= 15 is 0 Å². The van der Waals surface area contributed by atoms with E-state index in [0.717, 1.165) is 15.9 Å². The third-order valence-corrected chi connectivity index (χ3v) is 4.26. The number of carbonyl (C=O) groups is 1. The summed E-state index contributed by atoms with van der Waals surface area (Å²) in [6, 6.07) is 7.42. The van der Waals surface area contributed by atoms with Gasteiger partial charge in [0.05, 0.1) is 27.6 Å². The Bertz CT molecular complexity index is 847. The number of benzene rings is 1. The van der Waals surface area contributed by atoms with Gasteiger partial charge < -0.3 is 15.5 Å². The van der Waals surface area contributed by atoms with Crippen LogP contribution in [0.3, 0.4) is 0 Å². The number of anilines is 2. The normalized spacial score (nSPS) is 10.6. The molecule has 7 nitrogen and oxygen atoms in total. The van der Waals surface area contributed by atoms with Gasteiger partial charge in [-0.15, -0.1) is 16.4 Å². The van der Waals surface area contributed by atoms with Gasteiger partial charge in [0.2, 0.25) is 0 Å². The van der Waals surface area contributed by atoms with Gasteiger partial charge in [0.25, 0.3) is 5.91 Å². The second-order valence-corrected chi connectivity index (χ2v) is 6.30. The summed E-state index contributed by atoms with van der Waals surface area (Å²) in [6.45, 7) is 1.06. The van der Waals surface area contributed by atoms with Crippen LogP contribution in [-0.4, -0.2) is 48.3 Å². The van der Waals surface area contributed by atoms with E-state index in [0.29, 0.717) is 24.5 Å². The first-order valence-electron chi connectivity index (χ1n) is 7.49. The number of hydrogen-bond acceptors (Lipinski definition) is 7. The molecule has 0 spiro atoms. The highest BCUT2D eigenvalue weighted by molar-refractivity contribution is 7.16. The van der Waals surface area contributed by atoms with Crippen LogP contribution in [0.15, 0.2) is 36.0 Å². The summed E-state index contributed by atoms with van der Waals surface area (Å²) in [5.41, 5.74) is 4.30. The topological polar surface area (TPSA) is 83.0 Å². The minimum absolute atomic E-state index is 0.0970. The van der Waals surface area contributed by atoms with E-state index in [4.69, 9.17) is 0 Å². The van der Waals surface area contributed by atoms with Crippen LogP contribution in [0.2, 0.25) is 0 Å². The van der Waals surface area contributed by atoms with Crippen molar-refractivity contribution in [1.82, 2.24) is 20.5 Å². The zero-order valence-corrected chi connectivity index (χ0v) is 14.3. The first kappa shape index (κ1) is 16.1. The van der Waals surface area contributed by atoms with Crippen LogP contribution in [0, 0.1) is 0 Å². The lowest BCUT2D eigenvalue weighted by Crippen LogP contribution is -2.28. The van der Waals surface area contributed by atoms with Gasteiger partial charge in [-0.3, -0.25) is 4.79 Å². The van der Waals surface area contributed by atoms with Crippen LogP contribution in [0.1, 0.15) is 10.4 Å². The number of rotatable bonds is 6. The Labute approximate surface area is 143 Å². The standard InChI is InChI=1S/C16H18N6OS/c1-22(2)12-8-15(21-20-9-12)17-5-6-18-16(23)11-3-4-13-14(7-11)24-10-19-13/h3-4,7-10H,5-6H2,1-2H3,(H,17,21)(H,18,23). The Morgan fingerprint density at radius 2 is 2.12 bits per heavy atom. The van der Waals surface area contributed by atoms with E-state index < -0.39 is 0 Å². The molecule has 2 aromatic heterocycles. The number of aromatic nitrogens is 3. The predicted molar refractivity (Wildman–Crippen MR) is 96.8 cm³/mol. The maximum absolute atomic E-state index is 12.2. The molecule has 0 saturated heterocycles. The Kier molecular flexibility index (Phi) is 4.85. The molecule has 3 aromatic rings. The minimum atomic E-state index is -0.0970. The molecule has 0 radical (unpaired) electrons. The number of amides is 1. The van der Waals surface area contributed by atoms with Crippen molar-refractivity contribution in [2.24, 2.45) is 0 Å². The van der Waals surface area contributed by atoms with Gasteiger partial charge in [0, 0.05) is 38.8 Å². The van der Waals surface area contributed by atoms with Crippen molar-refractivity contribution >= 4 is 39.0 Å². The first-order chi connectivity index (χ1) is 11.6. The Balaban J connectivity index is 1.51. The SMILES string of the molecule is CN(C)c1cnnc(NCCNC(=O)c2ccc3ncsc3c2)c1. The zero-order valence-electron chi connectivity index (χ0n) is 13.5. The van der Waals surface area contributed by atoms with E-state index in [1.165, 1.54) is 11.3 Å². The number of fused-ring (bicyclic) bond motifs is 1. The molecule has 0 bridgehead atoms. The fourth-order valence-electron chi connectivity index (χ4n) is 2.15. The lowest BCUT2D eigenvalue weighted by Gasteiger charge is -2.13. The van der Waals surface area contributed by atoms with Crippen molar-refractivity contribution in [3.05, 3.63) is 41.5 Å². The Morgan fingerprint density at radius 1 is 1.25 bits per heavy atom. The van der Waals surface area contributed by atoms with Crippen molar-refractivity contribution in [2.75, 3.05) is 37.4 Å². The Morgan fingerprint density at radius 3 is 2.96 bits per heavy atom. The van der Waals surface area contributed by atoms with Gasteiger partial charge in [-0.25, -0.2) is 4.98 Å². The highest BCUT2D eigenvalue weighted by Crippen LogP contribution is 2.19. The van der Waals surface area contributed by atoms with Crippen molar-refractivity contribution in [1.29, 1.82) is 0 Å². The molecule has 3 rings (SSSR count). The number of nitrogens with zero attached hydrogens (tertiary/aromatic N) is 4. The average Bonchev–Trinajstić information content (AvgIpc) is 3.06. The molecule has 0 saturated carbocycles. The molecule has 1 amide bonds. The molecule has 124 valence electrons. The predicted octanol–water partition coefficient (Wildman–Crippen LogP) is 1.99. The summed E-state index contributed by atoms with van der Waals surface area (Å²) >= 11 is 1.53. The maximum Gasteiger partial charge on any atom is 0.251 e. The quantitative estimate of drug-likeness (QED) is 0.667. The van der Waals surface area contributed by atoms with Crippen LogP contribution in [0.25, 0.3) is 10.2 Å². The lowest BCUT2D eigenvalue weighted by molar-refractivity contribution is 0.0955. The zero-order chi connectivity index (χ0) is 16.9. The third kappa shape index (κ3) is 3.77. The van der Waals surface area contributed by atoms with E-state index in [1.807, 2.05) is 37.2 Å². The smallest absolute Gasteiger partial charge is 0.251 e. The lowest BCUT2D eigenvalue weighted by atomic mass is 10.2. The van der Waals surface area contributed by atoms with Gasteiger partial charge in [0.1, 0.15) is 0 Å². The van der Waals surface area contributed by atoms with Gasteiger partial charge in [-0.1, -0.05) is 0 Å². The van der Waals surface area contributed by atoms with E-state index in [9.17, 15) is 4.79 Å². The summed E-state index contributed by atoms with van der Waals surface area (Å²) < 4.78 is 1.01. The second-order valence-electron chi connectivity index (χ2n) is 5.41. The van der Waals surface area contributed by atoms with E-state index in [2.05, 4.69) is 25.8 Å². The maximum atomic E-state index is 12.2. The molecule has 1 aromatic carbocycles. The molecule has 8 heteroatoms. The van der Waals surface area contributed by atoms with E-state index in [-0.39, 0.29) is 5.91 Å². The van der Waals surface area contributed by atoms with Crippen LogP contribution in [0.4, 0.5) is 11.5 Å². The van der Waals surface area contributed by atoms with Gasteiger partial charge >= 0.3 is 0 Å². The number of nitrogens with one attached hydrogen (secondary N) is 2. The van der Waals surface area contributed by atoms with E-state index in [1.54, 1.807) is 17.8 Å². The highest BCUT2D eigenvalue weighted by atomic mass is 32.1. The molecule has 0 aliphatic rings. The summed E-state index contributed by atoms with van der Waals surface area (Å²) in [5, 5.41) is 14.0. The molecule has 2 N–H and O–H groups in total. The third-order valence-electron chi connectivity index (χ3n) is 3.47. The summed E-state index contributed by atoms with van der Waals surface area (Å²) in [6.07, 6.45) is 1.70. The number of carbonyl (C=O) groups excluding carboxylic acids is 1. The molecule has 0 atom stereocenters. The van der Waals surface area contributed by atoms with Crippen LogP contribution in [-0.2, 0) is 0 Å². The summed E-state index contributed by atoms with van der Waals surface area (Å²) in [4.78, 5) is 18.3. The van der Waals surface area contributed by atoms with Gasteiger partial charge in [-0.2, -0.15) is 5.10 Å². The van der Waals surface area contributed by atoms with Crippen LogP contribution < -0.4 is 15.5 Å². The fraction of sp³-hybridized carbons (Fsp3) is 0.250. The summed E-state index contributed by atoms with van der Waals surface area (Å²) in [7, 11) is 3.89. The second kappa shape index (κ2) is 7.22.